The maximum absolute atomic E-state index is 14.7. The van der Waals surface area contributed by atoms with Gasteiger partial charge >= 0.3 is 0 Å². The molecule has 1 heterocycles. The van der Waals surface area contributed by atoms with Crippen LogP contribution in [0, 0.1) is 12.7 Å². The molecule has 2 heteroatoms. The Labute approximate surface area is 186 Å². The van der Waals surface area contributed by atoms with E-state index in [1.54, 1.807) is 0 Å². The van der Waals surface area contributed by atoms with E-state index in [1.165, 1.54) is 38.9 Å². The number of hydrogen-bond acceptors (Lipinski definition) is 1. The number of halogens is 1. The number of fused-ring (bicyclic) bond motifs is 3. The molecule has 0 radical (unpaired) electrons. The molecule has 2 aliphatic carbocycles. The predicted molar refractivity (Wildman–Crippen MR) is 130 cm³/mol. The van der Waals surface area contributed by atoms with Crippen molar-refractivity contribution < 1.29 is 4.39 Å². The summed E-state index contributed by atoms with van der Waals surface area (Å²) in [6.45, 7) is 1.82. The molecule has 32 heavy (non-hydrogen) atoms. The molecule has 0 bridgehead atoms. The van der Waals surface area contributed by atoms with E-state index in [0.717, 1.165) is 47.5 Å². The quantitative estimate of drug-likeness (QED) is 0.261. The standard InChI is InChI=1S/C30H22FN/c1-17-5-10-23-24-13-14-32-30(26(24)12-11-25(23)29(17)31)22-15-20-8-6-18-3-2-4-19-7-9-21(16-22)28(20)27(18)19/h2-5,10-16H,6-9H2,1H3. The minimum Gasteiger partial charge on any atom is -0.256 e. The zero-order valence-corrected chi connectivity index (χ0v) is 18.0. The average Bonchev–Trinajstić information content (AvgIpc) is 2.84. The summed E-state index contributed by atoms with van der Waals surface area (Å²) in [5, 5.41) is 3.78. The molecule has 2 aliphatic rings. The van der Waals surface area contributed by atoms with Gasteiger partial charge in [-0.25, -0.2) is 4.39 Å². The second kappa shape index (κ2) is 6.49. The van der Waals surface area contributed by atoms with E-state index in [0.29, 0.717) is 10.9 Å². The van der Waals surface area contributed by atoms with E-state index in [1.807, 2.05) is 43.5 Å². The number of rotatable bonds is 1. The molecule has 0 saturated carbocycles. The molecule has 0 amide bonds. The predicted octanol–water partition coefficient (Wildman–Crippen LogP) is 7.37. The molecule has 4 aromatic carbocycles. The third-order valence-corrected chi connectivity index (χ3v) is 7.46. The van der Waals surface area contributed by atoms with E-state index in [-0.39, 0.29) is 5.82 Å². The minimum absolute atomic E-state index is 0.129. The summed E-state index contributed by atoms with van der Waals surface area (Å²) in [4.78, 5) is 4.81. The molecule has 0 fully saturated rings. The fourth-order valence-corrected chi connectivity index (χ4v) is 5.92. The highest BCUT2D eigenvalue weighted by Crippen LogP contribution is 2.44. The third-order valence-electron chi connectivity index (χ3n) is 7.46. The lowest BCUT2D eigenvalue weighted by atomic mass is 9.74. The van der Waals surface area contributed by atoms with Crippen LogP contribution in [0.4, 0.5) is 4.39 Å². The Morgan fingerprint density at radius 2 is 1.25 bits per heavy atom. The van der Waals surface area contributed by atoms with Gasteiger partial charge in [-0.2, -0.15) is 0 Å². The minimum atomic E-state index is -0.129. The number of hydrogen-bond donors (Lipinski definition) is 0. The van der Waals surface area contributed by atoms with E-state index >= 15 is 0 Å². The van der Waals surface area contributed by atoms with Gasteiger partial charge in [-0.05, 0) is 101 Å². The van der Waals surface area contributed by atoms with Crippen LogP contribution in [0.1, 0.15) is 27.8 Å². The van der Waals surface area contributed by atoms with Crippen LogP contribution < -0.4 is 0 Å². The van der Waals surface area contributed by atoms with Crippen molar-refractivity contribution in [1.29, 1.82) is 0 Å². The molecule has 0 aliphatic heterocycles. The van der Waals surface area contributed by atoms with Crippen molar-refractivity contribution in [1.82, 2.24) is 4.98 Å². The summed E-state index contributed by atoms with van der Waals surface area (Å²) < 4.78 is 14.7. The summed E-state index contributed by atoms with van der Waals surface area (Å²) in [5.41, 5.74) is 11.7. The Kier molecular flexibility index (Phi) is 3.67. The molecule has 0 atom stereocenters. The molecule has 7 rings (SSSR count). The summed E-state index contributed by atoms with van der Waals surface area (Å²) in [5.74, 6) is -0.129. The van der Waals surface area contributed by atoms with Gasteiger partial charge in [0.15, 0.2) is 0 Å². The van der Waals surface area contributed by atoms with E-state index < -0.39 is 0 Å². The lowest BCUT2D eigenvalue weighted by molar-refractivity contribution is 0.631. The number of nitrogens with zero attached hydrogens (tertiary/aromatic N) is 1. The smallest absolute Gasteiger partial charge is 0.133 e. The highest BCUT2D eigenvalue weighted by molar-refractivity contribution is 6.11. The maximum atomic E-state index is 14.7. The fraction of sp³-hybridized carbons (Fsp3) is 0.167. The largest absolute Gasteiger partial charge is 0.256 e. The van der Waals surface area contributed by atoms with Gasteiger partial charge in [0.05, 0.1) is 5.69 Å². The summed E-state index contributed by atoms with van der Waals surface area (Å²) in [6, 6.07) is 21.4. The summed E-state index contributed by atoms with van der Waals surface area (Å²) >= 11 is 0. The first-order valence-electron chi connectivity index (χ1n) is 11.4. The van der Waals surface area contributed by atoms with Crippen molar-refractivity contribution in [3.05, 3.63) is 100 Å². The molecular formula is C30H22FN. The van der Waals surface area contributed by atoms with Gasteiger partial charge in [0, 0.05) is 22.5 Å². The average molecular weight is 416 g/mol. The molecule has 0 unspecified atom stereocenters. The Balaban J connectivity index is 1.48. The van der Waals surface area contributed by atoms with Gasteiger partial charge in [-0.1, -0.05) is 42.5 Å². The van der Waals surface area contributed by atoms with Crippen molar-refractivity contribution >= 4 is 21.5 Å². The van der Waals surface area contributed by atoms with Crippen LogP contribution in [-0.4, -0.2) is 4.98 Å². The lowest BCUT2D eigenvalue weighted by Gasteiger charge is -2.30. The highest BCUT2D eigenvalue weighted by atomic mass is 19.1. The molecule has 5 aromatic rings. The SMILES string of the molecule is Cc1ccc2c(ccc3c(-c4cc5c6c(c4)CCc4cccc(c4-6)CC5)nccc32)c1F. The van der Waals surface area contributed by atoms with Crippen LogP contribution >= 0.6 is 0 Å². The normalized spacial score (nSPS) is 14.1. The number of aryl methyl sites for hydroxylation is 5. The second-order valence-corrected chi connectivity index (χ2v) is 9.23. The van der Waals surface area contributed by atoms with Gasteiger partial charge in [0.1, 0.15) is 5.82 Å². The number of aromatic nitrogens is 1. The van der Waals surface area contributed by atoms with Crippen molar-refractivity contribution in [3.8, 4) is 22.4 Å². The van der Waals surface area contributed by atoms with Crippen LogP contribution in [0.5, 0.6) is 0 Å². The zero-order valence-electron chi connectivity index (χ0n) is 18.0. The molecule has 1 aromatic heterocycles. The van der Waals surface area contributed by atoms with Crippen LogP contribution in [0.25, 0.3) is 43.9 Å². The van der Waals surface area contributed by atoms with Gasteiger partial charge < -0.3 is 0 Å². The molecule has 0 spiro atoms. The number of benzene rings is 4. The Morgan fingerprint density at radius 3 is 2.00 bits per heavy atom. The molecule has 0 N–H and O–H groups in total. The molecule has 1 nitrogen and oxygen atoms in total. The first kappa shape index (κ1) is 18.1. The monoisotopic (exact) mass is 415 g/mol. The Bertz CT molecular complexity index is 1550. The lowest BCUT2D eigenvalue weighted by Crippen LogP contribution is -2.14. The zero-order chi connectivity index (χ0) is 21.4. The fourth-order valence-electron chi connectivity index (χ4n) is 5.92. The van der Waals surface area contributed by atoms with Crippen molar-refractivity contribution in [3.63, 3.8) is 0 Å². The topological polar surface area (TPSA) is 12.9 Å². The highest BCUT2D eigenvalue weighted by Gasteiger charge is 2.26. The maximum Gasteiger partial charge on any atom is 0.133 e. The van der Waals surface area contributed by atoms with Crippen molar-refractivity contribution in [2.75, 3.05) is 0 Å². The second-order valence-electron chi connectivity index (χ2n) is 9.23. The third kappa shape index (κ3) is 2.41. The van der Waals surface area contributed by atoms with Gasteiger partial charge in [0.25, 0.3) is 0 Å². The van der Waals surface area contributed by atoms with E-state index in [9.17, 15) is 4.39 Å². The first-order valence-corrected chi connectivity index (χ1v) is 11.4. The van der Waals surface area contributed by atoms with E-state index in [2.05, 4.69) is 30.3 Å². The van der Waals surface area contributed by atoms with Crippen LogP contribution in [0.2, 0.25) is 0 Å². The van der Waals surface area contributed by atoms with E-state index in [4.69, 9.17) is 4.98 Å². The molecule has 154 valence electrons. The summed E-state index contributed by atoms with van der Waals surface area (Å²) in [6.07, 6.45) is 6.22. The van der Waals surface area contributed by atoms with Gasteiger partial charge in [0.2, 0.25) is 0 Å². The Morgan fingerprint density at radius 1 is 0.656 bits per heavy atom. The molecule has 0 saturated heterocycles. The van der Waals surface area contributed by atoms with Crippen LogP contribution in [-0.2, 0) is 25.7 Å². The summed E-state index contributed by atoms with van der Waals surface area (Å²) in [7, 11) is 0. The number of pyridine rings is 1. The van der Waals surface area contributed by atoms with Crippen molar-refractivity contribution in [2.24, 2.45) is 0 Å². The first-order chi connectivity index (χ1) is 15.7. The van der Waals surface area contributed by atoms with Crippen LogP contribution in [0.15, 0.2) is 66.9 Å². The van der Waals surface area contributed by atoms with Crippen LogP contribution in [0.3, 0.4) is 0 Å². The van der Waals surface area contributed by atoms with Gasteiger partial charge in [-0.15, -0.1) is 0 Å². The molecular weight excluding hydrogens is 393 g/mol. The Hall–Kier alpha value is -3.52. The van der Waals surface area contributed by atoms with Gasteiger partial charge in [-0.3, -0.25) is 4.98 Å². The van der Waals surface area contributed by atoms with Crippen molar-refractivity contribution in [2.45, 2.75) is 32.6 Å².